The van der Waals surface area contributed by atoms with Gasteiger partial charge in [-0.25, -0.2) is 4.79 Å². The number of hydrogen-bond acceptors (Lipinski definition) is 3. The molecule has 1 fully saturated rings. The molecule has 0 aliphatic heterocycles. The van der Waals surface area contributed by atoms with Crippen LogP contribution in [0.15, 0.2) is 9.59 Å². The van der Waals surface area contributed by atoms with Crippen LogP contribution in [0.25, 0.3) is 0 Å². The molecule has 1 saturated carbocycles. The maximum Gasteiger partial charge on any atom is 0.325 e. The monoisotopic (exact) mass is 237 g/mol. The van der Waals surface area contributed by atoms with Gasteiger partial charge in [-0.05, 0) is 26.2 Å². The molecule has 1 aromatic rings. The van der Waals surface area contributed by atoms with Crippen molar-refractivity contribution in [2.24, 2.45) is 0 Å². The first-order chi connectivity index (χ1) is 8.06. The third kappa shape index (κ3) is 3.05. The zero-order valence-corrected chi connectivity index (χ0v) is 9.63. The Labute approximate surface area is 97.5 Å². The maximum atomic E-state index is 11.5. The Morgan fingerprint density at radius 2 is 2.06 bits per heavy atom. The summed E-state index contributed by atoms with van der Waals surface area (Å²) >= 11 is 0. The average molecular weight is 237 g/mol. The summed E-state index contributed by atoms with van der Waals surface area (Å²) in [6, 6.07) is 0.331. The van der Waals surface area contributed by atoms with Gasteiger partial charge in [0, 0.05) is 23.7 Å². The van der Waals surface area contributed by atoms with Crippen LogP contribution in [-0.2, 0) is 11.2 Å². The lowest BCUT2D eigenvalue weighted by atomic mass is 10.1. The van der Waals surface area contributed by atoms with E-state index < -0.39 is 11.2 Å². The highest BCUT2D eigenvalue weighted by Gasteiger charge is 2.23. The topological polar surface area (TPSA) is 94.8 Å². The van der Waals surface area contributed by atoms with E-state index in [-0.39, 0.29) is 12.3 Å². The van der Waals surface area contributed by atoms with Gasteiger partial charge in [-0.3, -0.25) is 14.6 Å². The zero-order valence-electron chi connectivity index (χ0n) is 9.63. The summed E-state index contributed by atoms with van der Waals surface area (Å²) in [6.45, 7) is 1.66. The summed E-state index contributed by atoms with van der Waals surface area (Å²) in [4.78, 5) is 38.6. The number of amides is 1. The Kier molecular flexibility index (Phi) is 3.12. The molecule has 0 radical (unpaired) electrons. The third-order valence-electron chi connectivity index (χ3n) is 2.80. The van der Waals surface area contributed by atoms with E-state index in [0.717, 1.165) is 12.8 Å². The van der Waals surface area contributed by atoms with Gasteiger partial charge in [0.2, 0.25) is 5.91 Å². The molecule has 6 nitrogen and oxygen atoms in total. The summed E-state index contributed by atoms with van der Waals surface area (Å²) in [5.74, 6) is -0.0440. The number of carbonyl (C=O) groups is 1. The van der Waals surface area contributed by atoms with Crippen molar-refractivity contribution < 1.29 is 4.79 Å². The summed E-state index contributed by atoms with van der Waals surface area (Å²) < 4.78 is 0. The van der Waals surface area contributed by atoms with Crippen LogP contribution in [0.4, 0.5) is 0 Å². The van der Waals surface area contributed by atoms with Crippen LogP contribution in [0.5, 0.6) is 0 Å². The van der Waals surface area contributed by atoms with E-state index in [1.165, 1.54) is 0 Å². The normalized spacial score (nSPS) is 14.6. The molecule has 3 N–H and O–H groups in total. The van der Waals surface area contributed by atoms with Gasteiger partial charge in [-0.15, -0.1) is 0 Å². The molecule has 0 aromatic carbocycles. The van der Waals surface area contributed by atoms with E-state index in [4.69, 9.17) is 0 Å². The number of carbonyl (C=O) groups excluding carboxylic acids is 1. The molecule has 92 valence electrons. The molecule has 6 heteroatoms. The van der Waals surface area contributed by atoms with Crippen molar-refractivity contribution >= 4 is 5.91 Å². The lowest BCUT2D eigenvalue weighted by Gasteiger charge is -2.04. The third-order valence-corrected chi connectivity index (χ3v) is 2.80. The predicted molar refractivity (Wildman–Crippen MR) is 61.9 cm³/mol. The summed E-state index contributed by atoms with van der Waals surface area (Å²) in [5, 5.41) is 2.85. The smallest absolute Gasteiger partial charge is 0.325 e. The van der Waals surface area contributed by atoms with Crippen LogP contribution in [0.2, 0.25) is 0 Å². The van der Waals surface area contributed by atoms with Crippen LogP contribution < -0.4 is 16.6 Å². The van der Waals surface area contributed by atoms with Gasteiger partial charge in [0.15, 0.2) is 0 Å². The Morgan fingerprint density at radius 1 is 1.35 bits per heavy atom. The van der Waals surface area contributed by atoms with Crippen molar-refractivity contribution in [2.75, 3.05) is 0 Å². The number of nitrogens with one attached hydrogen (secondary N) is 3. The molecule has 1 amide bonds. The molecule has 0 bridgehead atoms. The van der Waals surface area contributed by atoms with E-state index in [9.17, 15) is 14.4 Å². The molecule has 17 heavy (non-hydrogen) atoms. The van der Waals surface area contributed by atoms with E-state index in [0.29, 0.717) is 23.7 Å². The first-order valence-corrected chi connectivity index (χ1v) is 5.67. The van der Waals surface area contributed by atoms with Gasteiger partial charge in [0.05, 0.1) is 0 Å². The SMILES string of the molecule is Cc1[nH]c(=O)[nH]c(=O)c1CCC(=O)NC1CC1. The van der Waals surface area contributed by atoms with E-state index in [1.807, 2.05) is 0 Å². The maximum absolute atomic E-state index is 11.5. The number of aromatic nitrogens is 2. The molecule has 1 aliphatic rings. The molecule has 0 spiro atoms. The summed E-state index contributed by atoms with van der Waals surface area (Å²) in [7, 11) is 0. The highest BCUT2D eigenvalue weighted by Crippen LogP contribution is 2.18. The van der Waals surface area contributed by atoms with Crippen molar-refractivity contribution in [3.05, 3.63) is 32.1 Å². The van der Waals surface area contributed by atoms with E-state index in [1.54, 1.807) is 6.92 Å². The zero-order chi connectivity index (χ0) is 12.4. The van der Waals surface area contributed by atoms with Crippen molar-refractivity contribution in [1.82, 2.24) is 15.3 Å². The minimum Gasteiger partial charge on any atom is -0.353 e. The Balaban J connectivity index is 2.00. The number of rotatable bonds is 4. The molecule has 0 atom stereocenters. The number of hydrogen-bond donors (Lipinski definition) is 3. The van der Waals surface area contributed by atoms with Crippen LogP contribution in [-0.4, -0.2) is 21.9 Å². The van der Waals surface area contributed by atoms with Gasteiger partial charge in [-0.2, -0.15) is 0 Å². The fourth-order valence-corrected chi connectivity index (χ4v) is 1.69. The predicted octanol–water partition coefficient (Wildman–Crippen LogP) is -0.417. The lowest BCUT2D eigenvalue weighted by molar-refractivity contribution is -0.121. The molecular weight excluding hydrogens is 222 g/mol. The minimum absolute atomic E-state index is 0.0440. The second-order valence-corrected chi connectivity index (χ2v) is 4.35. The number of H-pyrrole nitrogens is 2. The molecule has 1 heterocycles. The minimum atomic E-state index is -0.515. The van der Waals surface area contributed by atoms with Crippen LogP contribution >= 0.6 is 0 Å². The quantitative estimate of drug-likeness (QED) is 0.664. The fourth-order valence-electron chi connectivity index (χ4n) is 1.69. The molecule has 1 aliphatic carbocycles. The van der Waals surface area contributed by atoms with Crippen molar-refractivity contribution in [2.45, 2.75) is 38.6 Å². The molecule has 1 aromatic heterocycles. The van der Waals surface area contributed by atoms with Gasteiger partial charge in [-0.1, -0.05) is 0 Å². The van der Waals surface area contributed by atoms with Crippen LogP contribution in [0, 0.1) is 6.92 Å². The standard InChI is InChI=1S/C11H15N3O3/c1-6-8(10(16)14-11(17)12-6)4-5-9(15)13-7-2-3-7/h7H,2-5H2,1H3,(H,13,15)(H2,12,14,16,17). The number of aryl methyl sites for hydroxylation is 1. The average Bonchev–Trinajstić information content (AvgIpc) is 2.99. The highest BCUT2D eigenvalue weighted by atomic mass is 16.2. The Bertz CT molecular complexity index is 540. The van der Waals surface area contributed by atoms with E-state index in [2.05, 4.69) is 15.3 Å². The van der Waals surface area contributed by atoms with Crippen molar-refractivity contribution in [1.29, 1.82) is 0 Å². The van der Waals surface area contributed by atoms with Crippen molar-refractivity contribution in [3.63, 3.8) is 0 Å². The molecule has 0 unspecified atom stereocenters. The van der Waals surface area contributed by atoms with Crippen LogP contribution in [0.3, 0.4) is 0 Å². The summed E-state index contributed by atoms with van der Waals surface area (Å²) in [5.41, 5.74) is 0.0673. The molecular formula is C11H15N3O3. The van der Waals surface area contributed by atoms with E-state index >= 15 is 0 Å². The first kappa shape index (κ1) is 11.6. The lowest BCUT2D eigenvalue weighted by Crippen LogP contribution is -2.29. The molecule has 0 saturated heterocycles. The summed E-state index contributed by atoms with van der Waals surface area (Å²) in [6.07, 6.45) is 2.71. The fraction of sp³-hybridized carbons (Fsp3) is 0.545. The Hall–Kier alpha value is -1.85. The van der Waals surface area contributed by atoms with Gasteiger partial charge in [0.1, 0.15) is 0 Å². The molecule has 2 rings (SSSR count). The Morgan fingerprint density at radius 3 is 2.65 bits per heavy atom. The second-order valence-electron chi connectivity index (χ2n) is 4.35. The largest absolute Gasteiger partial charge is 0.353 e. The van der Waals surface area contributed by atoms with Gasteiger partial charge < -0.3 is 10.3 Å². The van der Waals surface area contributed by atoms with Gasteiger partial charge in [0.25, 0.3) is 5.56 Å². The first-order valence-electron chi connectivity index (χ1n) is 5.67. The van der Waals surface area contributed by atoms with Crippen molar-refractivity contribution in [3.8, 4) is 0 Å². The highest BCUT2D eigenvalue weighted by molar-refractivity contribution is 5.76. The second kappa shape index (κ2) is 4.57. The van der Waals surface area contributed by atoms with Crippen LogP contribution in [0.1, 0.15) is 30.5 Å². The van der Waals surface area contributed by atoms with Gasteiger partial charge >= 0.3 is 5.69 Å². The number of aromatic amines is 2.